The van der Waals surface area contributed by atoms with Crippen molar-refractivity contribution in [1.82, 2.24) is 4.98 Å². The summed E-state index contributed by atoms with van der Waals surface area (Å²) in [7, 11) is 0. The number of benzene rings is 1. The summed E-state index contributed by atoms with van der Waals surface area (Å²) in [5.41, 5.74) is 7.63. The second-order valence-corrected chi connectivity index (χ2v) is 5.56. The minimum Gasteiger partial charge on any atom is -0.486 e. The van der Waals surface area contributed by atoms with Gasteiger partial charge in [0, 0.05) is 16.7 Å². The summed E-state index contributed by atoms with van der Waals surface area (Å²) < 4.78 is 6.59. The van der Waals surface area contributed by atoms with Gasteiger partial charge in [0.25, 0.3) is 0 Å². The first-order chi connectivity index (χ1) is 9.06. The molecule has 2 aromatic rings. The third-order valence-electron chi connectivity index (χ3n) is 2.65. The fourth-order valence-corrected chi connectivity index (χ4v) is 2.04. The highest BCUT2D eigenvalue weighted by Crippen LogP contribution is 2.27. The molecule has 0 saturated heterocycles. The first kappa shape index (κ1) is 14.3. The molecule has 1 atom stereocenters. The molecule has 5 heteroatoms. The SMILES string of the molecule is C[C@H](N)c1ccc(OCc2ccc(Br)cn2)c(Cl)c1. The lowest BCUT2D eigenvalue weighted by Gasteiger charge is -2.11. The molecule has 0 aliphatic rings. The lowest BCUT2D eigenvalue weighted by molar-refractivity contribution is 0.301. The summed E-state index contributed by atoms with van der Waals surface area (Å²) in [6.07, 6.45) is 1.74. The van der Waals surface area contributed by atoms with Gasteiger partial charge in [-0.1, -0.05) is 17.7 Å². The summed E-state index contributed by atoms with van der Waals surface area (Å²) in [6.45, 7) is 2.29. The van der Waals surface area contributed by atoms with E-state index in [0.29, 0.717) is 17.4 Å². The molecule has 19 heavy (non-hydrogen) atoms. The van der Waals surface area contributed by atoms with Crippen LogP contribution >= 0.6 is 27.5 Å². The Morgan fingerprint density at radius 3 is 2.74 bits per heavy atom. The highest BCUT2D eigenvalue weighted by molar-refractivity contribution is 9.10. The van der Waals surface area contributed by atoms with Crippen LogP contribution in [-0.2, 0) is 6.61 Å². The van der Waals surface area contributed by atoms with E-state index in [1.165, 1.54) is 0 Å². The second-order valence-electron chi connectivity index (χ2n) is 4.23. The standard InChI is InChI=1S/C14H14BrClN2O/c1-9(17)10-2-5-14(13(16)6-10)19-8-12-4-3-11(15)7-18-12/h2-7,9H,8,17H2,1H3/t9-/m0/s1. The molecule has 2 N–H and O–H groups in total. The van der Waals surface area contributed by atoms with Gasteiger partial charge >= 0.3 is 0 Å². The molecule has 0 aliphatic heterocycles. The van der Waals surface area contributed by atoms with Gasteiger partial charge in [-0.2, -0.15) is 0 Å². The predicted octanol–water partition coefficient (Wildman–Crippen LogP) is 4.10. The Morgan fingerprint density at radius 2 is 2.16 bits per heavy atom. The number of ether oxygens (including phenoxy) is 1. The quantitative estimate of drug-likeness (QED) is 0.911. The van der Waals surface area contributed by atoms with Crippen LogP contribution in [0.5, 0.6) is 5.75 Å². The maximum absolute atomic E-state index is 6.16. The van der Waals surface area contributed by atoms with Crippen LogP contribution in [0.2, 0.25) is 5.02 Å². The summed E-state index contributed by atoms with van der Waals surface area (Å²) in [4.78, 5) is 4.23. The first-order valence-corrected chi connectivity index (χ1v) is 7.01. The van der Waals surface area contributed by atoms with Gasteiger partial charge in [-0.25, -0.2) is 0 Å². The van der Waals surface area contributed by atoms with E-state index < -0.39 is 0 Å². The van der Waals surface area contributed by atoms with Crippen LogP contribution < -0.4 is 10.5 Å². The summed E-state index contributed by atoms with van der Waals surface area (Å²) in [5.74, 6) is 0.635. The van der Waals surface area contributed by atoms with Crippen molar-refractivity contribution in [2.75, 3.05) is 0 Å². The maximum atomic E-state index is 6.16. The van der Waals surface area contributed by atoms with Crippen LogP contribution in [0.25, 0.3) is 0 Å². The summed E-state index contributed by atoms with van der Waals surface area (Å²) >= 11 is 9.49. The van der Waals surface area contributed by atoms with Crippen molar-refractivity contribution in [3.63, 3.8) is 0 Å². The van der Waals surface area contributed by atoms with Gasteiger partial charge in [-0.15, -0.1) is 0 Å². The molecule has 100 valence electrons. The minimum absolute atomic E-state index is 0.0420. The smallest absolute Gasteiger partial charge is 0.138 e. The van der Waals surface area contributed by atoms with Gasteiger partial charge in [0.1, 0.15) is 12.4 Å². The number of nitrogens with zero attached hydrogens (tertiary/aromatic N) is 1. The molecule has 0 aliphatic carbocycles. The third kappa shape index (κ3) is 3.93. The van der Waals surface area contributed by atoms with Crippen LogP contribution in [-0.4, -0.2) is 4.98 Å². The Morgan fingerprint density at radius 1 is 1.37 bits per heavy atom. The molecule has 0 saturated carbocycles. The maximum Gasteiger partial charge on any atom is 0.138 e. The molecule has 0 amide bonds. The van der Waals surface area contributed by atoms with E-state index in [0.717, 1.165) is 15.7 Å². The predicted molar refractivity (Wildman–Crippen MR) is 80.3 cm³/mol. The monoisotopic (exact) mass is 340 g/mol. The Hall–Kier alpha value is -1.10. The largest absolute Gasteiger partial charge is 0.486 e. The first-order valence-electron chi connectivity index (χ1n) is 5.84. The van der Waals surface area contributed by atoms with Crippen molar-refractivity contribution >= 4 is 27.5 Å². The van der Waals surface area contributed by atoms with Crippen LogP contribution in [0.15, 0.2) is 41.0 Å². The topological polar surface area (TPSA) is 48.1 Å². The molecule has 1 aromatic carbocycles. The van der Waals surface area contributed by atoms with Gasteiger partial charge in [-0.05, 0) is 52.7 Å². The lowest BCUT2D eigenvalue weighted by Crippen LogP contribution is -2.05. The molecule has 0 unspecified atom stereocenters. The average Bonchev–Trinajstić information content (AvgIpc) is 2.39. The van der Waals surface area contributed by atoms with Crippen LogP contribution in [0.1, 0.15) is 24.2 Å². The van der Waals surface area contributed by atoms with E-state index >= 15 is 0 Å². The van der Waals surface area contributed by atoms with Crippen molar-refractivity contribution in [3.05, 3.63) is 57.3 Å². The Labute approximate surface area is 125 Å². The number of pyridine rings is 1. The third-order valence-corrected chi connectivity index (χ3v) is 3.41. The van der Waals surface area contributed by atoms with Crippen molar-refractivity contribution in [1.29, 1.82) is 0 Å². The van der Waals surface area contributed by atoms with Crippen LogP contribution in [0, 0.1) is 0 Å². The van der Waals surface area contributed by atoms with Gasteiger partial charge < -0.3 is 10.5 Å². The Balaban J connectivity index is 2.05. The highest BCUT2D eigenvalue weighted by atomic mass is 79.9. The molecule has 2 rings (SSSR count). The van der Waals surface area contributed by atoms with Gasteiger partial charge in [-0.3, -0.25) is 4.98 Å². The van der Waals surface area contributed by atoms with Crippen molar-refractivity contribution < 1.29 is 4.74 Å². The molecule has 0 fully saturated rings. The van der Waals surface area contributed by atoms with Gasteiger partial charge in [0.05, 0.1) is 10.7 Å². The molecular weight excluding hydrogens is 328 g/mol. The van der Waals surface area contributed by atoms with E-state index in [2.05, 4.69) is 20.9 Å². The fraction of sp³-hybridized carbons (Fsp3) is 0.214. The van der Waals surface area contributed by atoms with Crippen molar-refractivity contribution in [2.24, 2.45) is 5.73 Å². The van der Waals surface area contributed by atoms with E-state index in [1.807, 2.05) is 37.3 Å². The zero-order valence-electron chi connectivity index (χ0n) is 10.4. The number of hydrogen-bond acceptors (Lipinski definition) is 3. The highest BCUT2D eigenvalue weighted by Gasteiger charge is 2.06. The van der Waals surface area contributed by atoms with E-state index in [9.17, 15) is 0 Å². The Kier molecular flexibility index (Phi) is 4.80. The van der Waals surface area contributed by atoms with E-state index in [1.54, 1.807) is 6.20 Å². The van der Waals surface area contributed by atoms with Crippen LogP contribution in [0.4, 0.5) is 0 Å². The molecule has 1 heterocycles. The van der Waals surface area contributed by atoms with Crippen molar-refractivity contribution in [2.45, 2.75) is 19.6 Å². The second kappa shape index (κ2) is 6.37. The Bertz CT molecular complexity index is 558. The molecule has 0 bridgehead atoms. The number of hydrogen-bond donors (Lipinski definition) is 1. The fourth-order valence-electron chi connectivity index (χ4n) is 1.56. The number of aromatic nitrogens is 1. The lowest BCUT2D eigenvalue weighted by atomic mass is 10.1. The van der Waals surface area contributed by atoms with E-state index in [-0.39, 0.29) is 6.04 Å². The normalized spacial score (nSPS) is 12.2. The van der Waals surface area contributed by atoms with Crippen molar-refractivity contribution in [3.8, 4) is 5.75 Å². The summed E-state index contributed by atoms with van der Waals surface area (Å²) in [6, 6.07) is 9.36. The molecule has 3 nitrogen and oxygen atoms in total. The number of rotatable bonds is 4. The number of nitrogens with two attached hydrogens (primary N) is 1. The zero-order valence-corrected chi connectivity index (χ0v) is 12.8. The molecule has 0 spiro atoms. The van der Waals surface area contributed by atoms with Crippen LogP contribution in [0.3, 0.4) is 0 Å². The van der Waals surface area contributed by atoms with E-state index in [4.69, 9.17) is 22.1 Å². The molecule has 1 aromatic heterocycles. The van der Waals surface area contributed by atoms with Gasteiger partial charge in [0.2, 0.25) is 0 Å². The van der Waals surface area contributed by atoms with Gasteiger partial charge in [0.15, 0.2) is 0 Å². The average molecular weight is 342 g/mol. The summed E-state index contributed by atoms with van der Waals surface area (Å²) in [5, 5.41) is 0.562. The molecule has 0 radical (unpaired) electrons. The zero-order chi connectivity index (χ0) is 13.8. The minimum atomic E-state index is -0.0420. The number of halogens is 2. The molecular formula is C14H14BrClN2O.